The average molecular weight is 239 g/mol. The number of carbonyl (C=O) groups is 1. The van der Waals surface area contributed by atoms with Crippen molar-refractivity contribution in [3.8, 4) is 0 Å². The lowest BCUT2D eigenvalue weighted by molar-refractivity contribution is -0.138. The van der Waals surface area contributed by atoms with Crippen LogP contribution in [0.25, 0.3) is 10.9 Å². The number of carboxylic acids is 1. The van der Waals surface area contributed by atoms with Gasteiger partial charge < -0.3 is 10.8 Å². The van der Waals surface area contributed by atoms with Crippen LogP contribution in [0.5, 0.6) is 0 Å². The Morgan fingerprint density at radius 3 is 2.88 bits per heavy atom. The van der Waals surface area contributed by atoms with Crippen LogP contribution in [0, 0.1) is 0 Å². The SMILES string of the molecule is N[C@H](Cc1cn(Cl)c2ccccc12)C(=O)O. The third-order valence-corrected chi connectivity index (χ3v) is 2.79. The minimum absolute atomic E-state index is 0.273. The molecule has 0 saturated heterocycles. The highest BCUT2D eigenvalue weighted by Gasteiger charge is 2.15. The van der Waals surface area contributed by atoms with E-state index < -0.39 is 12.0 Å². The average Bonchev–Trinajstić information content (AvgIpc) is 2.57. The third kappa shape index (κ3) is 1.89. The summed E-state index contributed by atoms with van der Waals surface area (Å²) in [7, 11) is 0. The summed E-state index contributed by atoms with van der Waals surface area (Å²) in [5.74, 6) is -1.01. The van der Waals surface area contributed by atoms with Crippen molar-refractivity contribution in [3.63, 3.8) is 0 Å². The smallest absolute Gasteiger partial charge is 0.320 e. The van der Waals surface area contributed by atoms with E-state index in [4.69, 9.17) is 22.6 Å². The zero-order chi connectivity index (χ0) is 11.7. The molecular formula is C11H11ClN2O2. The van der Waals surface area contributed by atoms with Crippen LogP contribution in [0.4, 0.5) is 0 Å². The fourth-order valence-corrected chi connectivity index (χ4v) is 1.96. The molecule has 3 N–H and O–H groups in total. The minimum atomic E-state index is -1.01. The molecule has 84 valence electrons. The monoisotopic (exact) mass is 238 g/mol. The van der Waals surface area contributed by atoms with Crippen molar-refractivity contribution >= 4 is 28.6 Å². The largest absolute Gasteiger partial charge is 0.480 e. The highest BCUT2D eigenvalue weighted by atomic mass is 35.5. The van der Waals surface area contributed by atoms with E-state index in [0.717, 1.165) is 16.5 Å². The number of benzene rings is 1. The molecule has 0 fully saturated rings. The molecule has 1 aromatic heterocycles. The number of para-hydroxylation sites is 1. The van der Waals surface area contributed by atoms with Crippen LogP contribution in [0.2, 0.25) is 0 Å². The first kappa shape index (κ1) is 11.0. The Labute approximate surface area is 97.3 Å². The zero-order valence-corrected chi connectivity index (χ0v) is 9.19. The number of nitrogens with two attached hydrogens (primary N) is 1. The Kier molecular flexibility index (Phi) is 2.85. The van der Waals surface area contributed by atoms with Crippen molar-refractivity contribution in [2.75, 3.05) is 0 Å². The van der Waals surface area contributed by atoms with Crippen LogP contribution in [-0.2, 0) is 11.2 Å². The summed E-state index contributed by atoms with van der Waals surface area (Å²) in [6.07, 6.45) is 1.98. The van der Waals surface area contributed by atoms with E-state index in [1.165, 1.54) is 4.09 Å². The van der Waals surface area contributed by atoms with Crippen LogP contribution >= 0.6 is 11.8 Å². The molecule has 0 spiro atoms. The Morgan fingerprint density at radius 1 is 1.50 bits per heavy atom. The maximum absolute atomic E-state index is 10.7. The molecule has 1 aromatic carbocycles. The minimum Gasteiger partial charge on any atom is -0.480 e. The number of aliphatic carboxylic acids is 1. The molecule has 0 bridgehead atoms. The molecule has 0 aliphatic heterocycles. The van der Waals surface area contributed by atoms with E-state index in [1.54, 1.807) is 6.20 Å². The number of carboxylic acid groups (broad SMARTS) is 1. The van der Waals surface area contributed by atoms with E-state index in [9.17, 15) is 4.79 Å². The number of nitrogens with zero attached hydrogens (tertiary/aromatic N) is 1. The second kappa shape index (κ2) is 4.15. The number of rotatable bonds is 3. The molecule has 1 heterocycles. The molecule has 0 aliphatic carbocycles. The highest BCUT2D eigenvalue weighted by molar-refractivity contribution is 6.19. The van der Waals surface area contributed by atoms with Gasteiger partial charge in [0.1, 0.15) is 6.04 Å². The van der Waals surface area contributed by atoms with Crippen LogP contribution in [0.3, 0.4) is 0 Å². The molecule has 0 amide bonds. The summed E-state index contributed by atoms with van der Waals surface area (Å²) in [5.41, 5.74) is 7.20. The molecule has 0 saturated carbocycles. The van der Waals surface area contributed by atoms with Crippen molar-refractivity contribution in [2.45, 2.75) is 12.5 Å². The third-order valence-electron chi connectivity index (χ3n) is 2.51. The summed E-state index contributed by atoms with van der Waals surface area (Å²) >= 11 is 5.97. The Hall–Kier alpha value is -1.52. The van der Waals surface area contributed by atoms with Crippen LogP contribution in [0.1, 0.15) is 5.56 Å². The highest BCUT2D eigenvalue weighted by Crippen LogP contribution is 2.23. The Bertz CT molecular complexity index is 536. The normalized spacial score (nSPS) is 12.9. The maximum Gasteiger partial charge on any atom is 0.320 e. The van der Waals surface area contributed by atoms with Gasteiger partial charge >= 0.3 is 5.97 Å². The van der Waals surface area contributed by atoms with E-state index >= 15 is 0 Å². The van der Waals surface area contributed by atoms with Gasteiger partial charge in [-0.25, -0.2) is 0 Å². The van der Waals surface area contributed by atoms with E-state index in [-0.39, 0.29) is 6.42 Å². The topological polar surface area (TPSA) is 68.2 Å². The molecule has 2 rings (SSSR count). The zero-order valence-electron chi connectivity index (χ0n) is 8.43. The van der Waals surface area contributed by atoms with E-state index in [1.807, 2.05) is 24.3 Å². The van der Waals surface area contributed by atoms with Gasteiger partial charge in [0.2, 0.25) is 0 Å². The van der Waals surface area contributed by atoms with Gasteiger partial charge in [0.25, 0.3) is 0 Å². The second-order valence-corrected chi connectivity index (χ2v) is 4.00. The lowest BCUT2D eigenvalue weighted by Gasteiger charge is -2.04. The number of halogens is 1. The first-order valence-corrected chi connectivity index (χ1v) is 5.17. The first-order valence-electron chi connectivity index (χ1n) is 4.83. The summed E-state index contributed by atoms with van der Waals surface area (Å²) in [4.78, 5) is 10.7. The van der Waals surface area contributed by atoms with Gasteiger partial charge in [-0.05, 0) is 11.6 Å². The predicted octanol–water partition coefficient (Wildman–Crippen LogP) is 1.60. The molecule has 0 radical (unpaired) electrons. The van der Waals surface area contributed by atoms with Gasteiger partial charge in [-0.3, -0.25) is 8.88 Å². The summed E-state index contributed by atoms with van der Waals surface area (Å²) < 4.78 is 1.46. The van der Waals surface area contributed by atoms with Crippen LogP contribution in [-0.4, -0.2) is 21.2 Å². The second-order valence-electron chi connectivity index (χ2n) is 3.63. The van der Waals surface area contributed by atoms with Crippen molar-refractivity contribution in [3.05, 3.63) is 36.0 Å². The predicted molar refractivity (Wildman–Crippen MR) is 62.5 cm³/mol. The van der Waals surface area contributed by atoms with Gasteiger partial charge in [0.15, 0.2) is 0 Å². The van der Waals surface area contributed by atoms with Crippen molar-refractivity contribution in [2.24, 2.45) is 5.73 Å². The summed E-state index contributed by atoms with van der Waals surface area (Å²) in [6.45, 7) is 0. The molecule has 2 aromatic rings. The number of hydrogen-bond donors (Lipinski definition) is 2. The lowest BCUT2D eigenvalue weighted by atomic mass is 10.1. The molecule has 4 nitrogen and oxygen atoms in total. The fraction of sp³-hybridized carbons (Fsp3) is 0.182. The molecule has 5 heteroatoms. The first-order chi connectivity index (χ1) is 7.59. The summed E-state index contributed by atoms with van der Waals surface area (Å²) in [6, 6.07) is 6.63. The quantitative estimate of drug-likeness (QED) is 0.854. The van der Waals surface area contributed by atoms with E-state index in [2.05, 4.69) is 0 Å². The van der Waals surface area contributed by atoms with E-state index in [0.29, 0.717) is 0 Å². The number of aromatic nitrogens is 1. The molecule has 0 aliphatic rings. The van der Waals surface area contributed by atoms with Gasteiger partial charge in [-0.2, -0.15) is 0 Å². The van der Waals surface area contributed by atoms with Crippen molar-refractivity contribution < 1.29 is 9.90 Å². The van der Waals surface area contributed by atoms with Gasteiger partial charge in [-0.15, -0.1) is 0 Å². The van der Waals surface area contributed by atoms with Crippen molar-refractivity contribution in [1.82, 2.24) is 4.09 Å². The Morgan fingerprint density at radius 2 is 2.19 bits per heavy atom. The van der Waals surface area contributed by atoms with Gasteiger partial charge in [0, 0.05) is 29.8 Å². The number of hydrogen-bond acceptors (Lipinski definition) is 2. The van der Waals surface area contributed by atoms with Gasteiger partial charge in [0.05, 0.1) is 5.52 Å². The molecule has 1 atom stereocenters. The van der Waals surface area contributed by atoms with Crippen molar-refractivity contribution in [1.29, 1.82) is 0 Å². The van der Waals surface area contributed by atoms with Crippen LogP contribution in [0.15, 0.2) is 30.5 Å². The number of fused-ring (bicyclic) bond motifs is 1. The molecular weight excluding hydrogens is 228 g/mol. The fourth-order valence-electron chi connectivity index (χ4n) is 1.69. The lowest BCUT2D eigenvalue weighted by Crippen LogP contribution is -2.32. The van der Waals surface area contributed by atoms with Gasteiger partial charge in [-0.1, -0.05) is 18.2 Å². The summed E-state index contributed by atoms with van der Waals surface area (Å²) in [5, 5.41) is 9.70. The molecule has 0 unspecified atom stereocenters. The standard InChI is InChI=1S/C11H11ClN2O2/c12-14-6-7(5-9(13)11(15)16)8-3-1-2-4-10(8)14/h1-4,6,9H,5,13H2,(H,15,16)/t9-/m1/s1. The molecule has 16 heavy (non-hydrogen) atoms. The maximum atomic E-state index is 10.7. The Balaban J connectivity index is 2.42. The van der Waals surface area contributed by atoms with Crippen LogP contribution < -0.4 is 5.73 Å².